The van der Waals surface area contributed by atoms with Gasteiger partial charge in [0.15, 0.2) is 12.4 Å². The highest BCUT2D eigenvalue weighted by Crippen LogP contribution is 1.98. The molecule has 0 fully saturated rings. The van der Waals surface area contributed by atoms with Gasteiger partial charge in [-0.15, -0.1) is 2.78 Å². The molecule has 0 spiro atoms. The first kappa shape index (κ1) is 15.6. The summed E-state index contributed by atoms with van der Waals surface area (Å²) in [5.41, 5.74) is 0.963. The Balaban J connectivity index is 2.41. The van der Waals surface area contributed by atoms with Crippen molar-refractivity contribution in [3.8, 4) is 0 Å². The molecule has 1 amide bonds. The second-order valence-corrected chi connectivity index (χ2v) is 5.27. The lowest BCUT2D eigenvalue weighted by Gasteiger charge is -2.10. The van der Waals surface area contributed by atoms with Gasteiger partial charge in [-0.3, -0.25) is 9.59 Å². The molecule has 1 atom stereocenters. The van der Waals surface area contributed by atoms with Crippen LogP contribution in [0.2, 0.25) is 0 Å². The number of aliphatic carboxylic acids is 1. The van der Waals surface area contributed by atoms with Gasteiger partial charge in [0.25, 0.3) is 0 Å². The summed E-state index contributed by atoms with van der Waals surface area (Å²) < 4.78 is 4.41. The van der Waals surface area contributed by atoms with Crippen molar-refractivity contribution in [2.24, 2.45) is 0 Å². The Kier molecular flexibility index (Phi) is 6.78. The number of amides is 1. The maximum absolute atomic E-state index is 11.5. The number of hydrogen-bond donors (Lipinski definition) is 3. The number of pyridine rings is 1. The molecule has 0 unspecified atom stereocenters. The average Bonchev–Trinajstić information content (AvgIpc) is 2.35. The van der Waals surface area contributed by atoms with E-state index >= 15 is 0 Å². The summed E-state index contributed by atoms with van der Waals surface area (Å²) in [5, 5.41) is 11.5. The van der Waals surface area contributed by atoms with Crippen molar-refractivity contribution in [2.75, 3.05) is 0 Å². The zero-order valence-electron chi connectivity index (χ0n) is 9.27. The third kappa shape index (κ3) is 5.44. The Hall–Kier alpha value is -0.490. The van der Waals surface area contributed by atoms with Crippen LogP contribution in [-0.4, -0.2) is 23.0 Å². The van der Waals surface area contributed by atoms with Crippen LogP contribution in [0.15, 0.2) is 24.5 Å². The molecule has 1 aromatic heterocycles. The first-order valence-corrected chi connectivity index (χ1v) is 7.09. The summed E-state index contributed by atoms with van der Waals surface area (Å²) >= 11 is 3.85. The molecule has 0 aliphatic heterocycles. The van der Waals surface area contributed by atoms with Gasteiger partial charge in [0.05, 0.1) is 6.42 Å². The standard InChI is InChI=1S/C10H11I2N3O3/c11-14-8(10(17)18)5-9(16)13-6-7-1-3-15(12)4-2-7/h1-4,8,14H,5-6H2,(H-,13,16,17,18)/p+1/t8-/m0/s1. The summed E-state index contributed by atoms with van der Waals surface area (Å²) in [5.74, 6) is -1.33. The number of carboxylic acids is 1. The molecule has 1 rings (SSSR count). The van der Waals surface area contributed by atoms with Crippen molar-refractivity contribution in [3.05, 3.63) is 30.1 Å². The van der Waals surface area contributed by atoms with Crippen LogP contribution in [0.25, 0.3) is 0 Å². The molecule has 98 valence electrons. The largest absolute Gasteiger partial charge is 0.480 e. The van der Waals surface area contributed by atoms with Crippen LogP contribution in [0, 0.1) is 0 Å². The molecule has 0 aromatic carbocycles. The predicted molar refractivity (Wildman–Crippen MR) is 81.1 cm³/mol. The summed E-state index contributed by atoms with van der Waals surface area (Å²) in [4.78, 5) is 22.3. The Morgan fingerprint density at radius 1 is 1.39 bits per heavy atom. The van der Waals surface area contributed by atoms with Gasteiger partial charge in [-0.1, -0.05) is 0 Å². The van der Waals surface area contributed by atoms with E-state index in [9.17, 15) is 9.59 Å². The molecule has 8 heteroatoms. The highest BCUT2D eigenvalue weighted by molar-refractivity contribution is 14.1. The zero-order valence-corrected chi connectivity index (χ0v) is 13.6. The van der Waals surface area contributed by atoms with E-state index in [-0.39, 0.29) is 12.3 Å². The van der Waals surface area contributed by atoms with Crippen LogP contribution in [0.1, 0.15) is 12.0 Å². The zero-order chi connectivity index (χ0) is 13.5. The molecule has 3 N–H and O–H groups in total. The first-order valence-electron chi connectivity index (χ1n) is 5.05. The van der Waals surface area contributed by atoms with Gasteiger partial charge >= 0.3 is 28.8 Å². The lowest BCUT2D eigenvalue weighted by Crippen LogP contribution is -2.36. The number of carboxylic acid groups (broad SMARTS) is 1. The van der Waals surface area contributed by atoms with E-state index in [1.165, 1.54) is 0 Å². The fourth-order valence-corrected chi connectivity index (χ4v) is 2.00. The Labute approximate surface area is 132 Å². The lowest BCUT2D eigenvalue weighted by atomic mass is 10.2. The van der Waals surface area contributed by atoms with E-state index in [0.29, 0.717) is 6.54 Å². The van der Waals surface area contributed by atoms with Crippen molar-refractivity contribution >= 4 is 57.6 Å². The van der Waals surface area contributed by atoms with Crippen molar-refractivity contribution in [1.29, 1.82) is 0 Å². The number of halogens is 2. The van der Waals surface area contributed by atoms with Gasteiger partial charge in [0.2, 0.25) is 5.91 Å². The van der Waals surface area contributed by atoms with Crippen LogP contribution < -0.4 is 11.6 Å². The molecule has 6 nitrogen and oxygen atoms in total. The van der Waals surface area contributed by atoms with E-state index in [0.717, 1.165) is 5.56 Å². The van der Waals surface area contributed by atoms with Crippen molar-refractivity contribution in [3.63, 3.8) is 0 Å². The normalized spacial score (nSPS) is 11.9. The number of hydrogen-bond acceptors (Lipinski definition) is 3. The Bertz CT molecular complexity index is 425. The van der Waals surface area contributed by atoms with Gasteiger partial charge in [-0.05, 0) is 5.56 Å². The number of nitrogens with zero attached hydrogens (tertiary/aromatic N) is 1. The monoisotopic (exact) mass is 476 g/mol. The van der Waals surface area contributed by atoms with Crippen LogP contribution in [0.3, 0.4) is 0 Å². The van der Waals surface area contributed by atoms with E-state index in [1.54, 1.807) is 22.9 Å². The van der Waals surface area contributed by atoms with Gasteiger partial charge in [0.1, 0.15) is 6.04 Å². The predicted octanol–water partition coefficient (Wildman–Crippen LogP) is 0.571. The lowest BCUT2D eigenvalue weighted by molar-refractivity contribution is -0.440. The average molecular weight is 476 g/mol. The SMILES string of the molecule is O=C(C[C@H](NI)C(=O)O)NCc1cc[n+](I)cc1. The van der Waals surface area contributed by atoms with E-state index in [1.807, 2.05) is 27.3 Å². The van der Waals surface area contributed by atoms with E-state index < -0.39 is 12.0 Å². The molecule has 18 heavy (non-hydrogen) atoms. The molecule has 1 aromatic rings. The summed E-state index contributed by atoms with van der Waals surface area (Å²) in [6.45, 7) is 0.393. The fourth-order valence-electron chi connectivity index (χ4n) is 1.19. The fraction of sp³-hybridized carbons (Fsp3) is 0.300. The molecule has 0 radical (unpaired) electrons. The summed E-state index contributed by atoms with van der Waals surface area (Å²) in [7, 11) is 0. The van der Waals surface area contributed by atoms with E-state index in [2.05, 4.69) is 31.7 Å². The highest BCUT2D eigenvalue weighted by atomic mass is 127. The summed E-state index contributed by atoms with van der Waals surface area (Å²) in [6, 6.07) is 2.91. The second-order valence-electron chi connectivity index (χ2n) is 3.53. The molecule has 0 aliphatic carbocycles. The molecule has 1 heterocycles. The Morgan fingerprint density at radius 2 is 2.00 bits per heavy atom. The van der Waals surface area contributed by atoms with Gasteiger partial charge in [-0.2, -0.15) is 0 Å². The minimum absolute atomic E-state index is 0.0859. The summed E-state index contributed by atoms with van der Waals surface area (Å²) in [6.07, 6.45) is 3.65. The second kappa shape index (κ2) is 7.84. The number of rotatable bonds is 6. The molecular formula is C10H12I2N3O3+. The first-order chi connectivity index (χ1) is 8.52. The topological polar surface area (TPSA) is 82.3 Å². The van der Waals surface area contributed by atoms with Gasteiger partial charge in [-0.25, -0.2) is 3.53 Å². The highest BCUT2D eigenvalue weighted by Gasteiger charge is 2.19. The molecular weight excluding hydrogens is 464 g/mol. The minimum atomic E-state index is -1.04. The van der Waals surface area contributed by atoms with Crippen molar-refractivity contribution in [2.45, 2.75) is 19.0 Å². The minimum Gasteiger partial charge on any atom is -0.480 e. The third-order valence-corrected chi connectivity index (χ3v) is 3.57. The quantitative estimate of drug-likeness (QED) is 0.415. The van der Waals surface area contributed by atoms with Crippen LogP contribution in [0.5, 0.6) is 0 Å². The van der Waals surface area contributed by atoms with Crippen LogP contribution in [-0.2, 0) is 16.1 Å². The van der Waals surface area contributed by atoms with Crippen molar-refractivity contribution < 1.29 is 17.5 Å². The molecule has 0 bridgehead atoms. The Morgan fingerprint density at radius 3 is 2.50 bits per heavy atom. The number of carbonyl (C=O) groups is 2. The maximum atomic E-state index is 11.5. The van der Waals surface area contributed by atoms with Crippen LogP contribution >= 0.6 is 45.7 Å². The molecule has 0 saturated carbocycles. The smallest absolute Gasteiger partial charge is 0.353 e. The van der Waals surface area contributed by atoms with Gasteiger partial charge in [0, 0.05) is 41.5 Å². The number of nitrogens with one attached hydrogen (secondary N) is 2. The van der Waals surface area contributed by atoms with Crippen molar-refractivity contribution in [1.82, 2.24) is 8.85 Å². The van der Waals surface area contributed by atoms with E-state index in [4.69, 9.17) is 5.11 Å². The molecule has 0 aliphatic rings. The maximum Gasteiger partial charge on any atom is 0.353 e. The molecule has 0 saturated heterocycles. The number of aromatic nitrogens is 1. The van der Waals surface area contributed by atoms with Crippen LogP contribution in [0.4, 0.5) is 0 Å². The van der Waals surface area contributed by atoms with Gasteiger partial charge < -0.3 is 10.4 Å². The third-order valence-electron chi connectivity index (χ3n) is 2.17. The number of carbonyl (C=O) groups excluding carboxylic acids is 1.